The lowest BCUT2D eigenvalue weighted by atomic mass is 9.67. The summed E-state index contributed by atoms with van der Waals surface area (Å²) < 4.78 is 14.9. The number of phenols is 2. The predicted octanol–water partition coefficient (Wildman–Crippen LogP) is 4.31. The Bertz CT molecular complexity index is 1410. The van der Waals surface area contributed by atoms with Gasteiger partial charge in [-0.2, -0.15) is 0 Å². The van der Waals surface area contributed by atoms with Crippen LogP contribution >= 0.6 is 0 Å². The Balaban J connectivity index is 1.57. The van der Waals surface area contributed by atoms with Gasteiger partial charge in [-0.1, -0.05) is 36.4 Å². The number of phenolic OH excluding ortho intramolecular Hbond substituents is 2. The lowest BCUT2D eigenvalue weighted by Crippen LogP contribution is -2.52. The van der Waals surface area contributed by atoms with Gasteiger partial charge in [-0.25, -0.2) is 9.18 Å². The van der Waals surface area contributed by atoms with E-state index in [1.165, 1.54) is 30.3 Å². The van der Waals surface area contributed by atoms with Gasteiger partial charge in [-0.05, 0) is 48.4 Å². The fourth-order valence-electron chi connectivity index (χ4n) is 6.15. The first-order valence-corrected chi connectivity index (χ1v) is 13.8. The molecule has 0 aliphatic carbocycles. The number of hydrogen-bond acceptors (Lipinski definition) is 6. The summed E-state index contributed by atoms with van der Waals surface area (Å²) in [5.41, 5.74) is 1.56. The molecule has 9 heteroatoms. The highest BCUT2D eigenvalue weighted by molar-refractivity contribution is 6.02. The predicted molar refractivity (Wildman–Crippen MR) is 152 cm³/mol. The third kappa shape index (κ3) is 5.81. The summed E-state index contributed by atoms with van der Waals surface area (Å²) in [6.07, 6.45) is 0. The molecule has 2 N–H and O–H groups in total. The molecular weight excluding hydrogens is 525 g/mol. The summed E-state index contributed by atoms with van der Waals surface area (Å²) >= 11 is 0. The van der Waals surface area contributed by atoms with Gasteiger partial charge in [0.25, 0.3) is 0 Å². The molecule has 2 fully saturated rings. The van der Waals surface area contributed by atoms with Gasteiger partial charge in [-0.15, -0.1) is 0 Å². The minimum atomic E-state index is -0.741. The van der Waals surface area contributed by atoms with Crippen molar-refractivity contribution in [1.29, 1.82) is 0 Å². The van der Waals surface area contributed by atoms with Crippen LogP contribution in [0, 0.1) is 24.6 Å². The maximum atomic E-state index is 14.9. The van der Waals surface area contributed by atoms with Crippen molar-refractivity contribution in [3.63, 3.8) is 0 Å². The fourth-order valence-corrected chi connectivity index (χ4v) is 6.15. The van der Waals surface area contributed by atoms with Crippen LogP contribution in [0.2, 0.25) is 0 Å². The van der Waals surface area contributed by atoms with Crippen molar-refractivity contribution in [2.45, 2.75) is 12.8 Å². The summed E-state index contributed by atoms with van der Waals surface area (Å²) in [6, 6.07) is 16.9. The number of aromatic hydroxyl groups is 2. The van der Waals surface area contributed by atoms with Crippen LogP contribution in [-0.2, 0) is 0 Å². The standard InChI is InChI=1S/C32H34FN3O5/c1-20-25(10-5-11-28(20)33)29-26(30(39)21-6-3-8-23(37)16-21)18-35(13-15-36-14-12-34(2)32(36)41)19-27(29)31(40)22-7-4-9-24(38)17-22/h3-11,16-17,26-27,29,37-38H,12-15,18-19H2,1-2H3. The maximum absolute atomic E-state index is 14.9. The van der Waals surface area contributed by atoms with E-state index in [1.807, 2.05) is 4.90 Å². The molecule has 2 saturated heterocycles. The largest absolute Gasteiger partial charge is 0.508 e. The van der Waals surface area contributed by atoms with E-state index in [0.717, 1.165) is 0 Å². The van der Waals surface area contributed by atoms with Crippen molar-refractivity contribution in [3.05, 3.63) is 94.8 Å². The van der Waals surface area contributed by atoms with Gasteiger partial charge in [0.15, 0.2) is 11.6 Å². The number of hydrogen-bond donors (Lipinski definition) is 2. The van der Waals surface area contributed by atoms with Gasteiger partial charge in [0.1, 0.15) is 17.3 Å². The third-order valence-corrected chi connectivity index (χ3v) is 8.37. The van der Waals surface area contributed by atoms with E-state index in [-0.39, 0.29) is 42.2 Å². The van der Waals surface area contributed by atoms with Gasteiger partial charge < -0.3 is 24.9 Å². The smallest absolute Gasteiger partial charge is 0.319 e. The molecule has 2 amide bonds. The van der Waals surface area contributed by atoms with Crippen LogP contribution in [0.15, 0.2) is 66.7 Å². The summed E-state index contributed by atoms with van der Waals surface area (Å²) in [4.78, 5) is 46.2. The molecule has 5 rings (SSSR count). The van der Waals surface area contributed by atoms with E-state index >= 15 is 0 Å². The van der Waals surface area contributed by atoms with E-state index in [1.54, 1.807) is 60.2 Å². The zero-order valence-corrected chi connectivity index (χ0v) is 23.2. The Hall–Kier alpha value is -4.24. The summed E-state index contributed by atoms with van der Waals surface area (Å²) in [5, 5.41) is 20.2. The van der Waals surface area contributed by atoms with Crippen LogP contribution in [0.3, 0.4) is 0 Å². The zero-order valence-electron chi connectivity index (χ0n) is 23.2. The Morgan fingerprint density at radius 1 is 0.854 bits per heavy atom. The molecular formula is C32H34FN3O5. The molecule has 41 heavy (non-hydrogen) atoms. The number of likely N-dealkylation sites (tertiary alicyclic amines) is 1. The van der Waals surface area contributed by atoms with Crippen LogP contribution in [-0.4, -0.2) is 88.8 Å². The van der Waals surface area contributed by atoms with Crippen LogP contribution in [0.4, 0.5) is 9.18 Å². The molecule has 2 aliphatic heterocycles. The summed E-state index contributed by atoms with van der Waals surface area (Å²) in [5.74, 6) is -3.18. The number of halogens is 1. The molecule has 8 nitrogen and oxygen atoms in total. The number of carbonyl (C=O) groups excluding carboxylic acids is 3. The van der Waals surface area contributed by atoms with Crippen molar-refractivity contribution in [3.8, 4) is 11.5 Å². The monoisotopic (exact) mass is 559 g/mol. The van der Waals surface area contributed by atoms with E-state index in [4.69, 9.17) is 0 Å². The van der Waals surface area contributed by atoms with E-state index in [9.17, 15) is 29.0 Å². The van der Waals surface area contributed by atoms with Crippen molar-refractivity contribution in [2.75, 3.05) is 46.3 Å². The summed E-state index contributed by atoms with van der Waals surface area (Å²) in [7, 11) is 1.75. The Morgan fingerprint density at radius 3 is 1.93 bits per heavy atom. The SMILES string of the molecule is Cc1c(F)cccc1C1C(C(=O)c2cccc(O)c2)CN(CCN2CCN(C)C2=O)CC1C(=O)c1cccc(O)c1. The first kappa shape index (κ1) is 28.3. The average molecular weight is 560 g/mol. The highest BCUT2D eigenvalue weighted by Gasteiger charge is 2.45. The fraction of sp³-hybridized carbons (Fsp3) is 0.344. The molecule has 3 aromatic rings. The number of carbonyl (C=O) groups is 3. The molecule has 0 bridgehead atoms. The first-order chi connectivity index (χ1) is 19.6. The lowest BCUT2D eigenvalue weighted by Gasteiger charge is -2.44. The van der Waals surface area contributed by atoms with Crippen LogP contribution in [0.25, 0.3) is 0 Å². The lowest BCUT2D eigenvalue weighted by molar-refractivity contribution is 0.0556. The second-order valence-corrected chi connectivity index (χ2v) is 11.0. The van der Waals surface area contributed by atoms with Gasteiger partial charge in [0.05, 0.1) is 0 Å². The quantitative estimate of drug-likeness (QED) is 0.399. The minimum Gasteiger partial charge on any atom is -0.508 e. The van der Waals surface area contributed by atoms with Crippen molar-refractivity contribution in [1.82, 2.24) is 14.7 Å². The van der Waals surface area contributed by atoms with E-state index < -0.39 is 23.6 Å². The summed E-state index contributed by atoms with van der Waals surface area (Å²) in [6.45, 7) is 4.35. The molecule has 2 unspecified atom stereocenters. The van der Waals surface area contributed by atoms with Gasteiger partial charge in [0.2, 0.25) is 0 Å². The molecule has 3 aromatic carbocycles. The molecule has 0 aromatic heterocycles. The Morgan fingerprint density at radius 2 is 1.41 bits per heavy atom. The number of amides is 2. The molecule has 2 heterocycles. The van der Waals surface area contributed by atoms with Crippen molar-refractivity contribution < 1.29 is 29.0 Å². The molecule has 2 aliphatic rings. The Labute approximate surface area is 238 Å². The maximum Gasteiger partial charge on any atom is 0.319 e. The third-order valence-electron chi connectivity index (χ3n) is 8.37. The highest BCUT2D eigenvalue weighted by atomic mass is 19.1. The van der Waals surface area contributed by atoms with Crippen LogP contribution in [0.1, 0.15) is 37.8 Å². The van der Waals surface area contributed by atoms with Crippen molar-refractivity contribution in [2.24, 2.45) is 11.8 Å². The highest BCUT2D eigenvalue weighted by Crippen LogP contribution is 2.42. The molecule has 0 radical (unpaired) electrons. The second kappa shape index (κ2) is 11.7. The topological polar surface area (TPSA) is 101 Å². The van der Waals surface area contributed by atoms with E-state index in [0.29, 0.717) is 48.4 Å². The average Bonchev–Trinajstić information content (AvgIpc) is 3.29. The van der Waals surface area contributed by atoms with Gasteiger partial charge in [0, 0.05) is 75.2 Å². The van der Waals surface area contributed by atoms with Gasteiger partial charge >= 0.3 is 6.03 Å². The zero-order chi connectivity index (χ0) is 29.3. The first-order valence-electron chi connectivity index (χ1n) is 13.8. The number of ketones is 2. The van der Waals surface area contributed by atoms with Crippen LogP contribution < -0.4 is 0 Å². The van der Waals surface area contributed by atoms with E-state index in [2.05, 4.69) is 0 Å². The number of nitrogens with zero attached hydrogens (tertiary/aromatic N) is 3. The number of piperidine rings is 1. The number of rotatable bonds is 8. The molecule has 0 saturated carbocycles. The minimum absolute atomic E-state index is 0.0499. The normalized spacial score (nSPS) is 21.3. The van der Waals surface area contributed by atoms with Crippen LogP contribution in [0.5, 0.6) is 11.5 Å². The van der Waals surface area contributed by atoms with Gasteiger partial charge in [-0.3, -0.25) is 9.59 Å². The molecule has 214 valence electrons. The number of Topliss-reactive ketones (excluding diaryl/α,β-unsaturated/α-hetero) is 2. The van der Waals surface area contributed by atoms with Crippen molar-refractivity contribution >= 4 is 17.6 Å². The number of likely N-dealkylation sites (N-methyl/N-ethyl adjacent to an activating group) is 1. The number of benzene rings is 3. The Kier molecular flexibility index (Phi) is 8.08. The molecule has 0 spiro atoms. The second-order valence-electron chi connectivity index (χ2n) is 11.0. The number of urea groups is 1. The molecule has 2 atom stereocenters.